The first-order valence-electron chi connectivity index (χ1n) is 5.63. The average Bonchev–Trinajstić information content (AvgIpc) is 1.77. The molecule has 0 saturated carbocycles. The first-order chi connectivity index (χ1) is 6.23. The van der Waals surface area contributed by atoms with Gasteiger partial charge in [-0.15, -0.1) is 0 Å². The molecule has 2 nitrogen and oxygen atoms in total. The molecule has 0 aromatic carbocycles. The summed E-state index contributed by atoms with van der Waals surface area (Å²) in [5.74, 6) is 0.955. The second-order valence-electron chi connectivity index (χ2n) is 5.58. The van der Waals surface area contributed by atoms with E-state index in [1.165, 1.54) is 0 Å². The highest BCUT2D eigenvalue weighted by Crippen LogP contribution is 2.23. The molecule has 0 amide bonds. The van der Waals surface area contributed by atoms with Gasteiger partial charge >= 0.3 is 0 Å². The van der Waals surface area contributed by atoms with E-state index in [-0.39, 0.29) is 6.10 Å². The van der Waals surface area contributed by atoms with Crippen molar-refractivity contribution in [2.45, 2.75) is 65.6 Å². The number of aliphatic hydroxyl groups is 2. The van der Waals surface area contributed by atoms with Crippen molar-refractivity contribution in [3.63, 3.8) is 0 Å². The van der Waals surface area contributed by atoms with Crippen LogP contribution in [-0.2, 0) is 0 Å². The Kier molecular flexibility index (Phi) is 5.68. The summed E-state index contributed by atoms with van der Waals surface area (Å²) >= 11 is 0. The lowest BCUT2D eigenvalue weighted by Crippen LogP contribution is -2.32. The summed E-state index contributed by atoms with van der Waals surface area (Å²) in [5.41, 5.74) is -0.720. The molecule has 0 aliphatic heterocycles. The zero-order valence-electron chi connectivity index (χ0n) is 10.2. The van der Waals surface area contributed by atoms with Crippen molar-refractivity contribution in [2.24, 2.45) is 11.8 Å². The Balaban J connectivity index is 3.94. The normalized spacial score (nSPS) is 18.6. The number of aliphatic hydroxyl groups excluding tert-OH is 1. The fourth-order valence-corrected chi connectivity index (χ4v) is 2.10. The molecule has 0 saturated heterocycles. The Bertz CT molecular complexity index is 150. The number of rotatable bonds is 6. The second kappa shape index (κ2) is 5.72. The number of hydrogen-bond acceptors (Lipinski definition) is 2. The third-order valence-corrected chi connectivity index (χ3v) is 2.27. The Morgan fingerprint density at radius 3 is 1.86 bits per heavy atom. The van der Waals surface area contributed by atoms with E-state index < -0.39 is 5.60 Å². The minimum absolute atomic E-state index is 0.372. The van der Waals surface area contributed by atoms with Gasteiger partial charge in [0, 0.05) is 6.42 Å². The molecule has 2 N–H and O–H groups in total. The van der Waals surface area contributed by atoms with Crippen molar-refractivity contribution in [1.29, 1.82) is 0 Å². The van der Waals surface area contributed by atoms with Gasteiger partial charge in [-0.1, -0.05) is 27.7 Å². The van der Waals surface area contributed by atoms with Crippen molar-refractivity contribution < 1.29 is 10.2 Å². The lowest BCUT2D eigenvalue weighted by atomic mass is 9.87. The zero-order chi connectivity index (χ0) is 11.4. The van der Waals surface area contributed by atoms with E-state index in [2.05, 4.69) is 27.7 Å². The first-order valence-corrected chi connectivity index (χ1v) is 5.63. The van der Waals surface area contributed by atoms with Gasteiger partial charge in [0.25, 0.3) is 0 Å². The van der Waals surface area contributed by atoms with Crippen LogP contribution in [0.1, 0.15) is 53.9 Å². The summed E-state index contributed by atoms with van der Waals surface area (Å²) in [6.07, 6.45) is 1.64. The fraction of sp³-hybridized carbons (Fsp3) is 1.00. The van der Waals surface area contributed by atoms with Crippen molar-refractivity contribution >= 4 is 0 Å². The van der Waals surface area contributed by atoms with Gasteiger partial charge in [0.2, 0.25) is 0 Å². The molecule has 0 aromatic rings. The quantitative estimate of drug-likeness (QED) is 0.695. The molecule has 0 aliphatic carbocycles. The summed E-state index contributed by atoms with van der Waals surface area (Å²) in [6.45, 7) is 10.2. The van der Waals surface area contributed by atoms with Crippen molar-refractivity contribution in [3.8, 4) is 0 Å². The first kappa shape index (κ1) is 13.9. The van der Waals surface area contributed by atoms with Crippen molar-refractivity contribution in [2.75, 3.05) is 0 Å². The van der Waals surface area contributed by atoms with Crippen molar-refractivity contribution in [3.05, 3.63) is 0 Å². The summed E-state index contributed by atoms with van der Waals surface area (Å²) < 4.78 is 0. The maximum Gasteiger partial charge on any atom is 0.0646 e. The predicted molar refractivity (Wildman–Crippen MR) is 60.2 cm³/mol. The van der Waals surface area contributed by atoms with Crippen LogP contribution in [-0.4, -0.2) is 21.9 Å². The standard InChI is InChI=1S/C12H26O2/c1-9(2)6-11(13)8-12(5,14)7-10(3)4/h9-11,13-14H,6-8H2,1-5H3/t11-,12+/m1/s1. The van der Waals surface area contributed by atoms with Gasteiger partial charge in [-0.25, -0.2) is 0 Å². The molecule has 0 bridgehead atoms. The summed E-state index contributed by atoms with van der Waals surface area (Å²) in [5, 5.41) is 19.7. The van der Waals surface area contributed by atoms with Crippen molar-refractivity contribution in [1.82, 2.24) is 0 Å². The van der Waals surface area contributed by atoms with E-state index in [0.29, 0.717) is 18.3 Å². The van der Waals surface area contributed by atoms with Crippen LogP contribution in [0.3, 0.4) is 0 Å². The molecule has 0 fully saturated rings. The monoisotopic (exact) mass is 202 g/mol. The third-order valence-electron chi connectivity index (χ3n) is 2.27. The SMILES string of the molecule is CC(C)C[C@@H](O)C[C@@](C)(O)CC(C)C. The van der Waals surface area contributed by atoms with E-state index in [9.17, 15) is 10.2 Å². The average molecular weight is 202 g/mol. The molecular formula is C12H26O2. The Labute approximate surface area is 88.3 Å². The molecule has 2 heteroatoms. The molecule has 0 unspecified atom stereocenters. The van der Waals surface area contributed by atoms with Crippen LogP contribution in [0.4, 0.5) is 0 Å². The van der Waals surface area contributed by atoms with E-state index >= 15 is 0 Å². The van der Waals surface area contributed by atoms with Gasteiger partial charge in [0.1, 0.15) is 0 Å². The van der Waals surface area contributed by atoms with E-state index in [1.54, 1.807) is 0 Å². The fourth-order valence-electron chi connectivity index (χ4n) is 2.10. The molecule has 2 atom stereocenters. The van der Waals surface area contributed by atoms with Crippen LogP contribution in [0.2, 0.25) is 0 Å². The molecule has 86 valence electrons. The minimum Gasteiger partial charge on any atom is -0.393 e. The minimum atomic E-state index is -0.720. The van der Waals surface area contributed by atoms with Gasteiger partial charge in [0.15, 0.2) is 0 Å². The smallest absolute Gasteiger partial charge is 0.0646 e. The van der Waals surface area contributed by atoms with Gasteiger partial charge in [-0.3, -0.25) is 0 Å². The maximum absolute atomic E-state index is 10.0. The van der Waals surface area contributed by atoms with Gasteiger partial charge < -0.3 is 10.2 Å². The molecule has 14 heavy (non-hydrogen) atoms. The lowest BCUT2D eigenvalue weighted by Gasteiger charge is -2.28. The highest BCUT2D eigenvalue weighted by molar-refractivity contribution is 4.78. The Hall–Kier alpha value is -0.0800. The summed E-state index contributed by atoms with van der Waals surface area (Å²) in [4.78, 5) is 0. The highest BCUT2D eigenvalue weighted by atomic mass is 16.3. The third kappa shape index (κ3) is 7.34. The molecule has 0 heterocycles. The van der Waals surface area contributed by atoms with Crippen LogP contribution in [0.15, 0.2) is 0 Å². The molecular weight excluding hydrogens is 176 g/mol. The highest BCUT2D eigenvalue weighted by Gasteiger charge is 2.25. The Morgan fingerprint density at radius 1 is 1.00 bits per heavy atom. The largest absolute Gasteiger partial charge is 0.393 e. The van der Waals surface area contributed by atoms with Crippen LogP contribution in [0, 0.1) is 11.8 Å². The topological polar surface area (TPSA) is 40.5 Å². The zero-order valence-corrected chi connectivity index (χ0v) is 10.2. The van der Waals surface area contributed by atoms with E-state index in [4.69, 9.17) is 0 Å². The van der Waals surface area contributed by atoms with Crippen LogP contribution in [0.5, 0.6) is 0 Å². The molecule has 0 rings (SSSR count). The van der Waals surface area contributed by atoms with Crippen LogP contribution >= 0.6 is 0 Å². The van der Waals surface area contributed by atoms with Crippen LogP contribution in [0.25, 0.3) is 0 Å². The summed E-state index contributed by atoms with van der Waals surface area (Å²) in [7, 11) is 0. The molecule has 0 spiro atoms. The van der Waals surface area contributed by atoms with Gasteiger partial charge in [-0.2, -0.15) is 0 Å². The van der Waals surface area contributed by atoms with Gasteiger partial charge in [0.05, 0.1) is 11.7 Å². The van der Waals surface area contributed by atoms with E-state index in [1.807, 2.05) is 6.92 Å². The Morgan fingerprint density at radius 2 is 1.50 bits per heavy atom. The maximum atomic E-state index is 10.0. The number of hydrogen-bond donors (Lipinski definition) is 2. The lowest BCUT2D eigenvalue weighted by molar-refractivity contribution is -0.0158. The second-order valence-corrected chi connectivity index (χ2v) is 5.58. The van der Waals surface area contributed by atoms with E-state index in [0.717, 1.165) is 12.8 Å². The molecule has 0 aromatic heterocycles. The van der Waals surface area contributed by atoms with Crippen LogP contribution < -0.4 is 0 Å². The molecule has 0 aliphatic rings. The van der Waals surface area contributed by atoms with Gasteiger partial charge in [-0.05, 0) is 31.6 Å². The summed E-state index contributed by atoms with van der Waals surface area (Å²) in [6, 6.07) is 0. The molecule has 0 radical (unpaired) electrons. The predicted octanol–water partition coefficient (Wildman–Crippen LogP) is 2.58.